The van der Waals surface area contributed by atoms with Gasteiger partial charge in [0, 0.05) is 12.0 Å². The summed E-state index contributed by atoms with van der Waals surface area (Å²) < 4.78 is 5.25. The summed E-state index contributed by atoms with van der Waals surface area (Å²) in [6, 6.07) is 0. The fourth-order valence-corrected chi connectivity index (χ4v) is 1.95. The van der Waals surface area contributed by atoms with Gasteiger partial charge in [-0.2, -0.15) is 0 Å². The molecule has 0 radical (unpaired) electrons. The van der Waals surface area contributed by atoms with Crippen molar-refractivity contribution in [2.75, 3.05) is 0 Å². The van der Waals surface area contributed by atoms with Crippen molar-refractivity contribution in [3.63, 3.8) is 0 Å². The number of ketones is 1. The van der Waals surface area contributed by atoms with E-state index in [1.54, 1.807) is 6.26 Å². The normalized spacial score (nSPS) is 21.0. The van der Waals surface area contributed by atoms with E-state index in [0.717, 1.165) is 18.4 Å². The Kier molecular flexibility index (Phi) is 2.42. The summed E-state index contributed by atoms with van der Waals surface area (Å²) in [6.45, 7) is 2.06. The quantitative estimate of drug-likeness (QED) is 0.785. The van der Waals surface area contributed by atoms with Gasteiger partial charge in [-0.1, -0.05) is 13.3 Å². The summed E-state index contributed by atoms with van der Waals surface area (Å²) in [5.41, 5.74) is 1.59. The first-order valence-corrected chi connectivity index (χ1v) is 5.05. The molecule has 1 aliphatic rings. The minimum absolute atomic E-state index is 0.113. The van der Waals surface area contributed by atoms with Crippen molar-refractivity contribution in [2.24, 2.45) is 0 Å². The van der Waals surface area contributed by atoms with Gasteiger partial charge in [-0.25, -0.2) is 0 Å². The Balaban J connectivity index is 2.43. The first kappa shape index (κ1) is 9.46. The van der Waals surface area contributed by atoms with Crippen molar-refractivity contribution < 1.29 is 14.3 Å². The second-order valence-electron chi connectivity index (χ2n) is 3.73. The maximum absolute atomic E-state index is 11.6. The third-order valence-corrected chi connectivity index (χ3v) is 2.64. The van der Waals surface area contributed by atoms with Crippen LogP contribution in [0.25, 0.3) is 0 Å². The fraction of sp³-hybridized carbons (Fsp3) is 0.545. The van der Waals surface area contributed by atoms with Gasteiger partial charge >= 0.3 is 0 Å². The van der Waals surface area contributed by atoms with Crippen LogP contribution in [0.3, 0.4) is 0 Å². The largest absolute Gasteiger partial charge is 0.466 e. The third kappa shape index (κ3) is 1.38. The van der Waals surface area contributed by atoms with Gasteiger partial charge in [0.1, 0.15) is 11.9 Å². The Morgan fingerprint density at radius 3 is 3.14 bits per heavy atom. The highest BCUT2D eigenvalue weighted by atomic mass is 16.4. The summed E-state index contributed by atoms with van der Waals surface area (Å²) in [6.07, 6.45) is 3.77. The van der Waals surface area contributed by atoms with Crippen LogP contribution in [0.4, 0.5) is 0 Å². The molecule has 3 heteroatoms. The molecule has 0 spiro atoms. The zero-order valence-electron chi connectivity index (χ0n) is 8.25. The summed E-state index contributed by atoms with van der Waals surface area (Å²) in [5, 5.41) is 9.61. The number of hydrogen-bond acceptors (Lipinski definition) is 3. The number of furan rings is 1. The van der Waals surface area contributed by atoms with Crippen molar-refractivity contribution in [3.05, 3.63) is 23.2 Å². The maximum atomic E-state index is 11.6. The lowest BCUT2D eigenvalue weighted by Gasteiger charge is -2.15. The van der Waals surface area contributed by atoms with E-state index in [4.69, 9.17) is 4.42 Å². The molecule has 0 amide bonds. The Labute approximate surface area is 82.7 Å². The van der Waals surface area contributed by atoms with Gasteiger partial charge in [0.05, 0.1) is 11.8 Å². The van der Waals surface area contributed by atoms with Crippen LogP contribution in [0.5, 0.6) is 0 Å². The molecule has 76 valence electrons. The lowest BCUT2D eigenvalue weighted by atomic mass is 9.91. The fourth-order valence-electron chi connectivity index (χ4n) is 1.95. The lowest BCUT2D eigenvalue weighted by molar-refractivity contribution is 0.0853. The number of Topliss-reactive ketones (excluding diaryl/α,β-unsaturated/α-hetero) is 1. The van der Waals surface area contributed by atoms with E-state index in [-0.39, 0.29) is 5.78 Å². The van der Waals surface area contributed by atoms with Crippen LogP contribution in [0.1, 0.15) is 54.0 Å². The molecule has 1 unspecified atom stereocenters. The summed E-state index contributed by atoms with van der Waals surface area (Å²) in [5.74, 6) is 0.590. The van der Waals surface area contributed by atoms with Crippen LogP contribution in [-0.2, 0) is 6.42 Å². The van der Waals surface area contributed by atoms with E-state index in [1.165, 1.54) is 0 Å². The third-order valence-electron chi connectivity index (χ3n) is 2.64. The lowest BCUT2D eigenvalue weighted by Crippen LogP contribution is -2.14. The molecule has 2 rings (SSSR count). The molecule has 0 aliphatic heterocycles. The predicted molar refractivity (Wildman–Crippen MR) is 51.2 cm³/mol. The van der Waals surface area contributed by atoms with Crippen molar-refractivity contribution in [1.29, 1.82) is 0 Å². The molecule has 1 heterocycles. The average molecular weight is 194 g/mol. The Bertz CT molecular complexity index is 351. The molecule has 0 aromatic carbocycles. The zero-order chi connectivity index (χ0) is 10.1. The first-order chi connectivity index (χ1) is 6.74. The Hall–Kier alpha value is -1.09. The molecule has 1 aromatic heterocycles. The summed E-state index contributed by atoms with van der Waals surface area (Å²) in [7, 11) is 0. The van der Waals surface area contributed by atoms with Crippen LogP contribution in [0.15, 0.2) is 10.7 Å². The highest BCUT2D eigenvalue weighted by Gasteiger charge is 2.29. The van der Waals surface area contributed by atoms with Gasteiger partial charge < -0.3 is 9.52 Å². The number of aryl methyl sites for hydroxylation is 1. The molecular formula is C11H14O3. The first-order valence-electron chi connectivity index (χ1n) is 5.05. The number of hydrogen-bond donors (Lipinski definition) is 1. The molecule has 1 aliphatic carbocycles. The minimum atomic E-state index is -0.590. The molecule has 0 saturated carbocycles. The van der Waals surface area contributed by atoms with E-state index < -0.39 is 6.10 Å². The van der Waals surface area contributed by atoms with Crippen LogP contribution >= 0.6 is 0 Å². The number of rotatable bonds is 2. The maximum Gasteiger partial charge on any atom is 0.166 e. The van der Waals surface area contributed by atoms with E-state index in [9.17, 15) is 9.90 Å². The summed E-state index contributed by atoms with van der Waals surface area (Å²) in [4.78, 5) is 11.6. The van der Waals surface area contributed by atoms with Crippen LogP contribution in [0.2, 0.25) is 0 Å². The van der Waals surface area contributed by atoms with E-state index >= 15 is 0 Å². The predicted octanol–water partition coefficient (Wildman–Crippen LogP) is 2.24. The van der Waals surface area contributed by atoms with Gasteiger partial charge in [-0.15, -0.1) is 0 Å². The van der Waals surface area contributed by atoms with Crippen LogP contribution in [0, 0.1) is 0 Å². The second-order valence-corrected chi connectivity index (χ2v) is 3.73. The highest BCUT2D eigenvalue weighted by Crippen LogP contribution is 2.33. The van der Waals surface area contributed by atoms with Crippen molar-refractivity contribution in [3.8, 4) is 0 Å². The van der Waals surface area contributed by atoms with Crippen molar-refractivity contribution in [1.82, 2.24) is 0 Å². The molecule has 0 bridgehead atoms. The van der Waals surface area contributed by atoms with Gasteiger partial charge in [0.2, 0.25) is 0 Å². The number of carbonyl (C=O) groups is 1. The monoisotopic (exact) mass is 194 g/mol. The van der Waals surface area contributed by atoms with Gasteiger partial charge in [-0.05, 0) is 12.8 Å². The number of aliphatic hydroxyl groups excluding tert-OH is 1. The van der Waals surface area contributed by atoms with Gasteiger partial charge in [-0.3, -0.25) is 4.79 Å². The Morgan fingerprint density at radius 1 is 1.64 bits per heavy atom. The number of aliphatic hydroxyl groups is 1. The van der Waals surface area contributed by atoms with E-state index in [1.807, 2.05) is 0 Å². The van der Waals surface area contributed by atoms with Crippen LogP contribution < -0.4 is 0 Å². The molecular weight excluding hydrogens is 180 g/mol. The smallest absolute Gasteiger partial charge is 0.166 e. The Morgan fingerprint density at radius 2 is 2.43 bits per heavy atom. The average Bonchev–Trinajstić information content (AvgIpc) is 2.58. The van der Waals surface area contributed by atoms with E-state index in [0.29, 0.717) is 24.2 Å². The van der Waals surface area contributed by atoms with Crippen molar-refractivity contribution >= 4 is 5.78 Å². The van der Waals surface area contributed by atoms with Crippen molar-refractivity contribution in [2.45, 2.75) is 38.7 Å². The van der Waals surface area contributed by atoms with Gasteiger partial charge in [0.15, 0.2) is 5.78 Å². The zero-order valence-corrected chi connectivity index (χ0v) is 8.25. The SMILES string of the molecule is CCCc1coc2c1C(=O)CCC2O. The van der Waals surface area contributed by atoms with Crippen LogP contribution in [-0.4, -0.2) is 10.9 Å². The van der Waals surface area contributed by atoms with Gasteiger partial charge in [0.25, 0.3) is 0 Å². The minimum Gasteiger partial charge on any atom is -0.466 e. The molecule has 1 atom stereocenters. The standard InChI is InChI=1S/C11H14O3/c1-2-3-7-6-14-11-9(13)5-4-8(12)10(7)11/h6,9,13H,2-5H2,1H3. The molecule has 1 N–H and O–H groups in total. The highest BCUT2D eigenvalue weighted by molar-refractivity contribution is 5.99. The summed E-state index contributed by atoms with van der Waals surface area (Å²) >= 11 is 0. The second kappa shape index (κ2) is 3.58. The molecule has 3 nitrogen and oxygen atoms in total. The number of fused-ring (bicyclic) bond motifs is 1. The van der Waals surface area contributed by atoms with E-state index in [2.05, 4.69) is 6.92 Å². The molecule has 0 saturated heterocycles. The molecule has 14 heavy (non-hydrogen) atoms. The number of carbonyl (C=O) groups excluding carboxylic acids is 1. The molecule has 0 fully saturated rings. The molecule has 1 aromatic rings. The topological polar surface area (TPSA) is 50.4 Å².